The van der Waals surface area contributed by atoms with Gasteiger partial charge in [0.15, 0.2) is 5.82 Å². The Balaban J connectivity index is 1.76. The number of hydrogen-bond acceptors (Lipinski definition) is 1. The SMILES string of the molecule is Cc1c(C)n(-c2cn(-c3ccccc3)cn2)c2[nH]c3ccccc3c12. The first-order chi connectivity index (χ1) is 12.2. The van der Waals surface area contributed by atoms with Gasteiger partial charge in [-0.1, -0.05) is 36.4 Å². The average molecular weight is 326 g/mol. The molecule has 4 heteroatoms. The first-order valence-corrected chi connectivity index (χ1v) is 8.42. The van der Waals surface area contributed by atoms with Crippen LogP contribution in [-0.2, 0) is 0 Å². The zero-order valence-electron chi connectivity index (χ0n) is 14.2. The van der Waals surface area contributed by atoms with E-state index in [-0.39, 0.29) is 0 Å². The minimum atomic E-state index is 0.922. The summed E-state index contributed by atoms with van der Waals surface area (Å²) in [5.41, 5.74) is 5.88. The summed E-state index contributed by atoms with van der Waals surface area (Å²) in [6.07, 6.45) is 3.95. The molecule has 0 aliphatic rings. The van der Waals surface area contributed by atoms with Crippen molar-refractivity contribution in [2.75, 3.05) is 0 Å². The molecule has 122 valence electrons. The van der Waals surface area contributed by atoms with Gasteiger partial charge in [-0.15, -0.1) is 0 Å². The van der Waals surface area contributed by atoms with Gasteiger partial charge in [0.1, 0.15) is 12.0 Å². The number of aromatic nitrogens is 4. The number of fused-ring (bicyclic) bond motifs is 3. The van der Waals surface area contributed by atoms with E-state index in [1.54, 1.807) is 0 Å². The Morgan fingerprint density at radius 3 is 2.52 bits per heavy atom. The quantitative estimate of drug-likeness (QED) is 0.491. The third-order valence-corrected chi connectivity index (χ3v) is 5.02. The Morgan fingerprint density at radius 2 is 1.68 bits per heavy atom. The lowest BCUT2D eigenvalue weighted by Crippen LogP contribution is -1.98. The summed E-state index contributed by atoms with van der Waals surface area (Å²) in [6, 6.07) is 18.7. The van der Waals surface area contributed by atoms with Gasteiger partial charge in [0.2, 0.25) is 0 Å². The lowest BCUT2D eigenvalue weighted by atomic mass is 10.1. The molecule has 2 aromatic carbocycles. The normalized spacial score (nSPS) is 11.6. The van der Waals surface area contributed by atoms with Gasteiger partial charge >= 0.3 is 0 Å². The van der Waals surface area contributed by atoms with E-state index >= 15 is 0 Å². The van der Waals surface area contributed by atoms with Gasteiger partial charge in [0.25, 0.3) is 0 Å². The monoisotopic (exact) mass is 326 g/mol. The van der Waals surface area contributed by atoms with Gasteiger partial charge in [-0.05, 0) is 37.6 Å². The Hall–Kier alpha value is -3.27. The largest absolute Gasteiger partial charge is 0.340 e. The number of hydrogen-bond donors (Lipinski definition) is 1. The maximum Gasteiger partial charge on any atom is 0.157 e. The van der Waals surface area contributed by atoms with Crippen LogP contribution in [0.15, 0.2) is 67.1 Å². The van der Waals surface area contributed by atoms with Crippen molar-refractivity contribution in [2.45, 2.75) is 13.8 Å². The first-order valence-electron chi connectivity index (χ1n) is 8.42. The molecule has 0 aliphatic carbocycles. The molecule has 5 aromatic rings. The van der Waals surface area contributed by atoms with Crippen LogP contribution in [0.4, 0.5) is 0 Å². The van der Waals surface area contributed by atoms with Crippen molar-refractivity contribution in [3.05, 3.63) is 78.4 Å². The van der Waals surface area contributed by atoms with Gasteiger partial charge in [0.05, 0.1) is 6.20 Å². The zero-order valence-corrected chi connectivity index (χ0v) is 14.2. The fraction of sp³-hybridized carbons (Fsp3) is 0.0952. The molecule has 0 radical (unpaired) electrons. The van der Waals surface area contributed by atoms with E-state index in [1.165, 1.54) is 22.0 Å². The molecule has 0 amide bonds. The Kier molecular flexibility index (Phi) is 2.88. The van der Waals surface area contributed by atoms with Crippen LogP contribution in [0, 0.1) is 13.8 Å². The summed E-state index contributed by atoms with van der Waals surface area (Å²) in [5.74, 6) is 0.922. The molecule has 0 atom stereocenters. The molecular weight excluding hydrogens is 308 g/mol. The number of nitrogens with zero attached hydrogens (tertiary/aromatic N) is 3. The number of imidazole rings is 1. The van der Waals surface area contributed by atoms with Crippen LogP contribution < -0.4 is 0 Å². The van der Waals surface area contributed by atoms with Crippen LogP contribution in [0.5, 0.6) is 0 Å². The molecule has 25 heavy (non-hydrogen) atoms. The molecule has 1 N–H and O–H groups in total. The Morgan fingerprint density at radius 1 is 0.920 bits per heavy atom. The van der Waals surface area contributed by atoms with Gasteiger partial charge in [-0.3, -0.25) is 4.57 Å². The minimum Gasteiger partial charge on any atom is -0.340 e. The number of benzene rings is 2. The highest BCUT2D eigenvalue weighted by Gasteiger charge is 2.18. The molecule has 0 saturated heterocycles. The fourth-order valence-corrected chi connectivity index (χ4v) is 3.65. The molecule has 0 spiro atoms. The van der Waals surface area contributed by atoms with Crippen LogP contribution in [0.25, 0.3) is 33.4 Å². The molecule has 0 fully saturated rings. The van der Waals surface area contributed by atoms with Gasteiger partial charge < -0.3 is 9.55 Å². The summed E-state index contributed by atoms with van der Waals surface area (Å²) in [4.78, 5) is 8.23. The maximum atomic E-state index is 4.66. The second-order valence-electron chi connectivity index (χ2n) is 6.41. The predicted molar refractivity (Wildman–Crippen MR) is 102 cm³/mol. The summed E-state index contributed by atoms with van der Waals surface area (Å²) in [6.45, 7) is 4.34. The van der Waals surface area contributed by atoms with E-state index in [0.717, 1.165) is 22.7 Å². The number of para-hydroxylation sites is 2. The molecule has 0 bridgehead atoms. The van der Waals surface area contributed by atoms with Crippen molar-refractivity contribution in [2.24, 2.45) is 0 Å². The average Bonchev–Trinajstić information content (AvgIpc) is 3.32. The van der Waals surface area contributed by atoms with Crippen molar-refractivity contribution in [3.63, 3.8) is 0 Å². The molecule has 0 aliphatic heterocycles. The summed E-state index contributed by atoms with van der Waals surface area (Å²) >= 11 is 0. The maximum absolute atomic E-state index is 4.66. The van der Waals surface area contributed by atoms with Crippen molar-refractivity contribution in [1.29, 1.82) is 0 Å². The lowest BCUT2D eigenvalue weighted by Gasteiger charge is -2.04. The van der Waals surface area contributed by atoms with Gasteiger partial charge in [0, 0.05) is 27.7 Å². The van der Waals surface area contributed by atoms with Crippen molar-refractivity contribution < 1.29 is 0 Å². The first kappa shape index (κ1) is 14.1. The number of aromatic amines is 1. The topological polar surface area (TPSA) is 38.5 Å². The smallest absolute Gasteiger partial charge is 0.157 e. The highest BCUT2D eigenvalue weighted by molar-refractivity contribution is 6.09. The standard InChI is InChI=1S/C21H18N4/c1-14-15(2)25(21-20(14)17-10-6-7-11-18(17)23-21)19-12-24(13-22-19)16-8-4-3-5-9-16/h3-13,23H,1-2H3. The van der Waals surface area contributed by atoms with E-state index in [0.29, 0.717) is 0 Å². The Bertz CT molecular complexity index is 1210. The fourth-order valence-electron chi connectivity index (χ4n) is 3.65. The van der Waals surface area contributed by atoms with Gasteiger partial charge in [-0.2, -0.15) is 0 Å². The number of rotatable bonds is 2. The molecular formula is C21H18N4. The van der Waals surface area contributed by atoms with Crippen molar-refractivity contribution >= 4 is 21.9 Å². The lowest BCUT2D eigenvalue weighted by molar-refractivity contribution is 0.985. The third kappa shape index (κ3) is 1.97. The minimum absolute atomic E-state index is 0.922. The van der Waals surface area contributed by atoms with Crippen LogP contribution in [-0.4, -0.2) is 19.1 Å². The van der Waals surface area contributed by atoms with Gasteiger partial charge in [-0.25, -0.2) is 4.98 Å². The predicted octanol–water partition coefficient (Wildman–Crippen LogP) is 4.91. The zero-order chi connectivity index (χ0) is 17.0. The Labute approximate surface area is 145 Å². The molecule has 4 nitrogen and oxygen atoms in total. The summed E-state index contributed by atoms with van der Waals surface area (Å²) in [5, 5.41) is 2.54. The van der Waals surface area contributed by atoms with E-state index < -0.39 is 0 Å². The molecule has 3 aromatic heterocycles. The molecule has 0 saturated carbocycles. The number of H-pyrrole nitrogens is 1. The van der Waals surface area contributed by atoms with Crippen molar-refractivity contribution in [3.8, 4) is 11.5 Å². The van der Waals surface area contributed by atoms with E-state index in [2.05, 4.69) is 75.5 Å². The third-order valence-electron chi connectivity index (χ3n) is 5.02. The van der Waals surface area contributed by atoms with E-state index in [1.807, 2.05) is 24.5 Å². The summed E-state index contributed by atoms with van der Waals surface area (Å²) < 4.78 is 4.27. The van der Waals surface area contributed by atoms with E-state index in [4.69, 9.17) is 0 Å². The number of aryl methyl sites for hydroxylation is 1. The van der Waals surface area contributed by atoms with Crippen LogP contribution >= 0.6 is 0 Å². The summed E-state index contributed by atoms with van der Waals surface area (Å²) in [7, 11) is 0. The molecule has 5 rings (SSSR count). The molecule has 3 heterocycles. The second-order valence-corrected chi connectivity index (χ2v) is 6.41. The van der Waals surface area contributed by atoms with Crippen molar-refractivity contribution in [1.82, 2.24) is 19.1 Å². The molecule has 0 unspecified atom stereocenters. The number of nitrogens with one attached hydrogen (secondary N) is 1. The second kappa shape index (κ2) is 5.11. The van der Waals surface area contributed by atoms with Crippen LogP contribution in [0.2, 0.25) is 0 Å². The van der Waals surface area contributed by atoms with Crippen LogP contribution in [0.3, 0.4) is 0 Å². The highest BCUT2D eigenvalue weighted by Crippen LogP contribution is 2.33. The van der Waals surface area contributed by atoms with E-state index in [9.17, 15) is 0 Å². The highest BCUT2D eigenvalue weighted by atomic mass is 15.2. The van der Waals surface area contributed by atoms with Crippen LogP contribution in [0.1, 0.15) is 11.3 Å².